The molecule has 116 valence electrons. The average Bonchev–Trinajstić information content (AvgIpc) is 2.48. The lowest BCUT2D eigenvalue weighted by Crippen LogP contribution is -2.38. The van der Waals surface area contributed by atoms with Crippen LogP contribution in [0, 0.1) is 5.92 Å². The monoisotopic (exact) mass is 292 g/mol. The minimum Gasteiger partial charge on any atom is -0.370 e. The van der Waals surface area contributed by atoms with Crippen LogP contribution in [0.2, 0.25) is 0 Å². The van der Waals surface area contributed by atoms with E-state index >= 15 is 0 Å². The summed E-state index contributed by atoms with van der Waals surface area (Å²) in [5, 5.41) is 8.47. The molecule has 0 fully saturated rings. The fraction of sp³-hybridized carbons (Fsp3) is 0.533. The first-order chi connectivity index (χ1) is 10.0. The third-order valence-corrected chi connectivity index (χ3v) is 2.70. The van der Waals surface area contributed by atoms with Gasteiger partial charge in [-0.05, 0) is 24.5 Å². The Morgan fingerprint density at radius 1 is 1.29 bits per heavy atom. The molecule has 3 N–H and O–H groups in total. The Hall–Kier alpha value is -2.11. The maximum atomic E-state index is 12.0. The summed E-state index contributed by atoms with van der Waals surface area (Å²) in [6, 6.07) is 3.30. The van der Waals surface area contributed by atoms with E-state index in [4.69, 9.17) is 0 Å². The molecule has 0 unspecified atom stereocenters. The largest absolute Gasteiger partial charge is 0.370 e. The molecular weight excluding hydrogens is 268 g/mol. The lowest BCUT2D eigenvalue weighted by Gasteiger charge is -2.09. The Morgan fingerprint density at radius 2 is 2.05 bits per heavy atom. The van der Waals surface area contributed by atoms with Crippen LogP contribution in [0.25, 0.3) is 0 Å². The summed E-state index contributed by atoms with van der Waals surface area (Å²) in [5.41, 5.74) is 0.486. The van der Waals surface area contributed by atoms with Crippen molar-refractivity contribution >= 4 is 17.6 Å². The topological polar surface area (TPSA) is 83.1 Å². The highest BCUT2D eigenvalue weighted by molar-refractivity contribution is 5.96. The van der Waals surface area contributed by atoms with Gasteiger partial charge in [-0.25, -0.2) is 4.98 Å². The van der Waals surface area contributed by atoms with Gasteiger partial charge in [0.05, 0.1) is 6.54 Å². The minimum absolute atomic E-state index is 0.0222. The van der Waals surface area contributed by atoms with E-state index in [2.05, 4.69) is 27.9 Å². The number of carbonyl (C=O) groups is 2. The first-order valence-corrected chi connectivity index (χ1v) is 7.27. The maximum absolute atomic E-state index is 12.0. The number of carbonyl (C=O) groups excluding carboxylic acids is 2. The van der Waals surface area contributed by atoms with Crippen LogP contribution in [0.1, 0.15) is 37.6 Å². The Morgan fingerprint density at radius 3 is 2.71 bits per heavy atom. The van der Waals surface area contributed by atoms with E-state index < -0.39 is 0 Å². The van der Waals surface area contributed by atoms with Crippen molar-refractivity contribution in [2.75, 3.05) is 25.0 Å². The number of nitrogens with one attached hydrogen (secondary N) is 3. The quantitative estimate of drug-likeness (QED) is 0.676. The predicted octanol–water partition coefficient (Wildman–Crippen LogP) is 1.41. The Bertz CT molecular complexity index is 474. The van der Waals surface area contributed by atoms with Gasteiger partial charge >= 0.3 is 0 Å². The first kappa shape index (κ1) is 16.9. The van der Waals surface area contributed by atoms with E-state index in [-0.39, 0.29) is 18.4 Å². The number of hydrogen-bond donors (Lipinski definition) is 3. The molecule has 0 saturated heterocycles. The lowest BCUT2D eigenvalue weighted by molar-refractivity contribution is -0.120. The third kappa shape index (κ3) is 6.74. The van der Waals surface area contributed by atoms with Crippen LogP contribution in [0.5, 0.6) is 0 Å². The van der Waals surface area contributed by atoms with Crippen LogP contribution in [-0.4, -0.2) is 36.4 Å². The summed E-state index contributed by atoms with van der Waals surface area (Å²) in [6.45, 7) is 7.47. The number of hydrogen-bond acceptors (Lipinski definition) is 4. The van der Waals surface area contributed by atoms with Gasteiger partial charge in [-0.3, -0.25) is 9.59 Å². The van der Waals surface area contributed by atoms with Crippen LogP contribution in [0.4, 0.5) is 5.82 Å². The van der Waals surface area contributed by atoms with Crippen molar-refractivity contribution < 1.29 is 9.59 Å². The van der Waals surface area contributed by atoms with Gasteiger partial charge in [0.15, 0.2) is 0 Å². The van der Waals surface area contributed by atoms with Crippen molar-refractivity contribution in [2.24, 2.45) is 5.92 Å². The second-order valence-electron chi connectivity index (χ2n) is 5.24. The van der Waals surface area contributed by atoms with Gasteiger partial charge in [0.25, 0.3) is 5.91 Å². The summed E-state index contributed by atoms with van der Waals surface area (Å²) < 4.78 is 0. The van der Waals surface area contributed by atoms with Gasteiger partial charge < -0.3 is 16.0 Å². The molecule has 0 aromatic carbocycles. The molecule has 0 saturated carbocycles. The van der Waals surface area contributed by atoms with Gasteiger partial charge in [-0.15, -0.1) is 0 Å². The number of pyridine rings is 1. The number of aromatic nitrogens is 1. The van der Waals surface area contributed by atoms with Crippen molar-refractivity contribution in [2.45, 2.75) is 27.2 Å². The SMILES string of the molecule is CCCNc1cc(C(=O)NCC(=O)NCC(C)C)ccn1. The third-order valence-electron chi connectivity index (χ3n) is 2.70. The molecule has 0 atom stereocenters. The van der Waals surface area contributed by atoms with Crippen molar-refractivity contribution in [3.63, 3.8) is 0 Å². The number of amides is 2. The normalized spacial score (nSPS) is 10.3. The lowest BCUT2D eigenvalue weighted by atomic mass is 10.2. The molecule has 0 aliphatic heterocycles. The Balaban J connectivity index is 2.46. The molecule has 0 bridgehead atoms. The zero-order valence-corrected chi connectivity index (χ0v) is 12.9. The van der Waals surface area contributed by atoms with Crippen LogP contribution in [0.15, 0.2) is 18.3 Å². The zero-order chi connectivity index (χ0) is 15.7. The number of nitrogens with zero attached hydrogens (tertiary/aromatic N) is 1. The molecule has 2 amide bonds. The summed E-state index contributed by atoms with van der Waals surface area (Å²) in [7, 11) is 0. The number of anilines is 1. The van der Waals surface area contributed by atoms with Gasteiger partial charge in [0.2, 0.25) is 5.91 Å². The van der Waals surface area contributed by atoms with E-state index in [0.29, 0.717) is 23.8 Å². The second kappa shape index (κ2) is 8.94. The van der Waals surface area contributed by atoms with Crippen molar-refractivity contribution in [1.82, 2.24) is 15.6 Å². The van der Waals surface area contributed by atoms with E-state index in [9.17, 15) is 9.59 Å². The van der Waals surface area contributed by atoms with Gasteiger partial charge in [-0.2, -0.15) is 0 Å². The molecule has 0 aliphatic carbocycles. The highest BCUT2D eigenvalue weighted by Crippen LogP contribution is 2.06. The van der Waals surface area contributed by atoms with Gasteiger partial charge in [0, 0.05) is 24.8 Å². The molecule has 1 rings (SSSR count). The summed E-state index contributed by atoms with van der Waals surface area (Å²) in [4.78, 5) is 27.6. The fourth-order valence-corrected chi connectivity index (χ4v) is 1.56. The van der Waals surface area contributed by atoms with Crippen LogP contribution < -0.4 is 16.0 Å². The summed E-state index contributed by atoms with van der Waals surface area (Å²) in [5.74, 6) is 0.581. The maximum Gasteiger partial charge on any atom is 0.251 e. The molecule has 1 aromatic heterocycles. The van der Waals surface area contributed by atoms with E-state index in [1.165, 1.54) is 0 Å². The van der Waals surface area contributed by atoms with E-state index in [1.807, 2.05) is 13.8 Å². The molecule has 1 heterocycles. The smallest absolute Gasteiger partial charge is 0.251 e. The van der Waals surface area contributed by atoms with Gasteiger partial charge in [0.1, 0.15) is 5.82 Å². The van der Waals surface area contributed by atoms with Crippen LogP contribution in [-0.2, 0) is 4.79 Å². The molecule has 0 spiro atoms. The molecule has 0 radical (unpaired) electrons. The summed E-state index contributed by atoms with van der Waals surface area (Å²) >= 11 is 0. The molecule has 1 aromatic rings. The zero-order valence-electron chi connectivity index (χ0n) is 12.9. The van der Waals surface area contributed by atoms with Crippen molar-refractivity contribution in [1.29, 1.82) is 0 Å². The van der Waals surface area contributed by atoms with Crippen molar-refractivity contribution in [3.8, 4) is 0 Å². The molecule has 21 heavy (non-hydrogen) atoms. The highest BCUT2D eigenvalue weighted by atomic mass is 16.2. The standard InChI is InChI=1S/C15H24N4O2/c1-4-6-16-13-8-12(5-7-17-13)15(21)19-10-14(20)18-9-11(2)3/h5,7-8,11H,4,6,9-10H2,1-3H3,(H,16,17)(H,18,20)(H,19,21). The molecule has 6 nitrogen and oxygen atoms in total. The average molecular weight is 292 g/mol. The highest BCUT2D eigenvalue weighted by Gasteiger charge is 2.09. The molecular formula is C15H24N4O2. The fourth-order valence-electron chi connectivity index (χ4n) is 1.56. The van der Waals surface area contributed by atoms with E-state index in [1.54, 1.807) is 18.3 Å². The molecule has 0 aliphatic rings. The number of rotatable bonds is 8. The van der Waals surface area contributed by atoms with Crippen molar-refractivity contribution in [3.05, 3.63) is 23.9 Å². The Labute approximate surface area is 125 Å². The summed E-state index contributed by atoms with van der Waals surface area (Å²) in [6.07, 6.45) is 2.56. The second-order valence-corrected chi connectivity index (χ2v) is 5.24. The van der Waals surface area contributed by atoms with Crippen LogP contribution in [0.3, 0.4) is 0 Å². The Kier molecular flexibility index (Phi) is 7.21. The van der Waals surface area contributed by atoms with Crippen LogP contribution >= 0.6 is 0 Å². The van der Waals surface area contributed by atoms with E-state index in [0.717, 1.165) is 13.0 Å². The first-order valence-electron chi connectivity index (χ1n) is 7.27. The van der Waals surface area contributed by atoms with Gasteiger partial charge in [-0.1, -0.05) is 20.8 Å². The predicted molar refractivity (Wildman–Crippen MR) is 83.2 cm³/mol. The minimum atomic E-state index is -0.281. The molecule has 6 heteroatoms.